The summed E-state index contributed by atoms with van der Waals surface area (Å²) in [5.74, 6) is 2.98. The van der Waals surface area contributed by atoms with Gasteiger partial charge in [0, 0.05) is 17.7 Å². The number of H-pyrrole nitrogens is 1. The van der Waals surface area contributed by atoms with Crippen LogP contribution in [0.3, 0.4) is 0 Å². The number of aromatic amines is 1. The summed E-state index contributed by atoms with van der Waals surface area (Å²) >= 11 is 0. The summed E-state index contributed by atoms with van der Waals surface area (Å²) in [7, 11) is 0. The summed E-state index contributed by atoms with van der Waals surface area (Å²) in [5.41, 5.74) is 4.10. The molecule has 1 heterocycles. The number of nitrogens with one attached hydrogen (secondary N) is 2. The quantitative estimate of drug-likeness (QED) is 0.483. The van der Waals surface area contributed by atoms with E-state index < -0.39 is 0 Å². The number of ether oxygens (including phenoxy) is 1. The molecule has 0 saturated heterocycles. The van der Waals surface area contributed by atoms with E-state index in [-0.39, 0.29) is 12.4 Å². The highest BCUT2D eigenvalue weighted by Gasteiger charge is 2.07. The van der Waals surface area contributed by atoms with Crippen molar-refractivity contribution in [1.82, 2.24) is 15.5 Å². The van der Waals surface area contributed by atoms with Gasteiger partial charge in [-0.05, 0) is 54.9 Å². The van der Waals surface area contributed by atoms with Gasteiger partial charge in [-0.15, -0.1) is 6.42 Å². The molecule has 3 rings (SSSR count). The lowest BCUT2D eigenvalue weighted by molar-refractivity contribution is 0.370. The maximum atomic E-state index is 13.1. The number of hydrogen-bond donors (Lipinski definition) is 2. The zero-order valence-electron chi connectivity index (χ0n) is 14.3. The first-order valence-electron chi connectivity index (χ1n) is 8.40. The molecule has 0 aliphatic heterocycles. The largest absolute Gasteiger partial charge is 0.481 e. The second kappa shape index (κ2) is 8.84. The van der Waals surface area contributed by atoms with Crippen LogP contribution >= 0.6 is 0 Å². The van der Waals surface area contributed by atoms with Crippen LogP contribution in [0.1, 0.15) is 11.1 Å². The van der Waals surface area contributed by atoms with Crippen LogP contribution in [0.5, 0.6) is 5.75 Å². The number of aromatic nitrogens is 2. The molecule has 0 aliphatic rings. The van der Waals surface area contributed by atoms with Gasteiger partial charge in [-0.25, -0.2) is 4.39 Å². The van der Waals surface area contributed by atoms with Crippen LogP contribution in [0.15, 0.2) is 54.7 Å². The zero-order chi connectivity index (χ0) is 18.2. The lowest BCUT2D eigenvalue weighted by Gasteiger charge is -2.07. The minimum absolute atomic E-state index is 0.247. The molecule has 2 N–H and O–H groups in total. The first-order chi connectivity index (χ1) is 12.8. The van der Waals surface area contributed by atoms with E-state index in [4.69, 9.17) is 11.2 Å². The highest BCUT2D eigenvalue weighted by atomic mass is 19.1. The predicted octanol–water partition coefficient (Wildman–Crippen LogP) is 3.56. The Labute approximate surface area is 152 Å². The molecule has 0 atom stereocenters. The lowest BCUT2D eigenvalue weighted by Crippen LogP contribution is -2.16. The fourth-order valence-corrected chi connectivity index (χ4v) is 2.64. The van der Waals surface area contributed by atoms with Gasteiger partial charge < -0.3 is 10.1 Å². The van der Waals surface area contributed by atoms with Gasteiger partial charge in [0.1, 0.15) is 18.2 Å². The number of terminal acetylenes is 1. The van der Waals surface area contributed by atoms with Crippen molar-refractivity contribution in [3.05, 3.63) is 71.7 Å². The second-order valence-electron chi connectivity index (χ2n) is 5.84. The van der Waals surface area contributed by atoms with Crippen LogP contribution in [-0.4, -0.2) is 23.3 Å². The van der Waals surface area contributed by atoms with E-state index in [9.17, 15) is 4.39 Å². The number of nitrogens with zero attached hydrogens (tertiary/aromatic N) is 1. The Bertz CT molecular complexity index is 864. The smallest absolute Gasteiger partial charge is 0.148 e. The average Bonchev–Trinajstić information content (AvgIpc) is 3.13. The van der Waals surface area contributed by atoms with E-state index in [1.54, 1.807) is 18.3 Å². The predicted molar refractivity (Wildman–Crippen MR) is 100 cm³/mol. The molecule has 0 spiro atoms. The number of hydrogen-bond acceptors (Lipinski definition) is 3. The van der Waals surface area contributed by atoms with Crippen molar-refractivity contribution in [2.24, 2.45) is 0 Å². The summed E-state index contributed by atoms with van der Waals surface area (Å²) in [6.45, 7) is 1.80. The molecule has 1 aromatic heterocycles. The molecule has 4 nitrogen and oxygen atoms in total. The molecule has 0 saturated carbocycles. The molecule has 0 amide bonds. The number of rotatable bonds is 8. The van der Waals surface area contributed by atoms with Gasteiger partial charge >= 0.3 is 0 Å². The van der Waals surface area contributed by atoms with Gasteiger partial charge in [0.25, 0.3) is 0 Å². The highest BCUT2D eigenvalue weighted by molar-refractivity contribution is 5.62. The first-order valence-corrected chi connectivity index (χ1v) is 8.40. The summed E-state index contributed by atoms with van der Waals surface area (Å²) in [4.78, 5) is 0. The van der Waals surface area contributed by atoms with Crippen LogP contribution < -0.4 is 10.1 Å². The van der Waals surface area contributed by atoms with Gasteiger partial charge in [-0.3, -0.25) is 5.10 Å². The van der Waals surface area contributed by atoms with Crippen molar-refractivity contribution in [2.45, 2.75) is 13.0 Å². The van der Waals surface area contributed by atoms with Crippen molar-refractivity contribution in [2.75, 3.05) is 13.2 Å². The third kappa shape index (κ3) is 4.71. The standard InChI is InChI=1S/C21H20FN3O/c1-2-13-26-20-9-3-16(4-10-20)11-12-23-14-18-15-24-25-21(18)17-5-7-19(22)8-6-17/h1,3-10,15,23H,11-14H2,(H,24,25). The van der Waals surface area contributed by atoms with Crippen molar-refractivity contribution < 1.29 is 9.13 Å². The minimum Gasteiger partial charge on any atom is -0.481 e. The molecule has 0 fully saturated rings. The second-order valence-corrected chi connectivity index (χ2v) is 5.84. The fourth-order valence-electron chi connectivity index (χ4n) is 2.64. The molecule has 2 aromatic carbocycles. The van der Waals surface area contributed by atoms with Crippen molar-refractivity contribution in [3.8, 4) is 29.4 Å². The zero-order valence-corrected chi connectivity index (χ0v) is 14.3. The van der Waals surface area contributed by atoms with E-state index >= 15 is 0 Å². The summed E-state index contributed by atoms with van der Waals surface area (Å²) in [5, 5.41) is 10.5. The molecule has 5 heteroatoms. The van der Waals surface area contributed by atoms with Crippen LogP contribution in [-0.2, 0) is 13.0 Å². The Balaban J connectivity index is 1.49. The Kier molecular flexibility index (Phi) is 6.02. The van der Waals surface area contributed by atoms with Crippen LogP contribution in [0, 0.1) is 18.2 Å². The molecule has 0 radical (unpaired) electrons. The summed E-state index contributed by atoms with van der Waals surface area (Å²) in [6, 6.07) is 14.3. The molecule has 0 unspecified atom stereocenters. The third-order valence-corrected chi connectivity index (χ3v) is 4.00. The van der Waals surface area contributed by atoms with Gasteiger partial charge in [0.2, 0.25) is 0 Å². The van der Waals surface area contributed by atoms with E-state index in [0.29, 0.717) is 6.54 Å². The maximum Gasteiger partial charge on any atom is 0.148 e. The van der Waals surface area contributed by atoms with Crippen molar-refractivity contribution >= 4 is 0 Å². The molecule has 26 heavy (non-hydrogen) atoms. The lowest BCUT2D eigenvalue weighted by atomic mass is 10.1. The minimum atomic E-state index is -0.247. The van der Waals surface area contributed by atoms with Crippen LogP contribution in [0.2, 0.25) is 0 Å². The Morgan fingerprint density at radius 3 is 2.62 bits per heavy atom. The van der Waals surface area contributed by atoms with E-state index in [1.807, 2.05) is 24.3 Å². The van der Waals surface area contributed by atoms with Gasteiger partial charge in [-0.1, -0.05) is 18.1 Å². The Morgan fingerprint density at radius 2 is 1.88 bits per heavy atom. The average molecular weight is 349 g/mol. The van der Waals surface area contributed by atoms with E-state index in [1.165, 1.54) is 17.7 Å². The van der Waals surface area contributed by atoms with Crippen LogP contribution in [0.25, 0.3) is 11.3 Å². The topological polar surface area (TPSA) is 49.9 Å². The third-order valence-electron chi connectivity index (χ3n) is 4.00. The molecular formula is C21H20FN3O. The van der Waals surface area contributed by atoms with Gasteiger partial charge in [0.05, 0.1) is 11.9 Å². The number of halogens is 1. The Hall–Kier alpha value is -3.10. The number of benzene rings is 2. The molecule has 132 valence electrons. The summed E-state index contributed by atoms with van der Waals surface area (Å²) in [6.07, 6.45) is 7.87. The fraction of sp³-hybridized carbons (Fsp3) is 0.190. The van der Waals surface area contributed by atoms with Crippen molar-refractivity contribution in [1.29, 1.82) is 0 Å². The molecular weight excluding hydrogens is 329 g/mol. The van der Waals surface area contributed by atoms with Crippen molar-refractivity contribution in [3.63, 3.8) is 0 Å². The molecule has 0 bridgehead atoms. The van der Waals surface area contributed by atoms with E-state index in [2.05, 4.69) is 21.4 Å². The first kappa shape index (κ1) is 17.7. The SMILES string of the molecule is C#CCOc1ccc(CCNCc2cn[nH]c2-c2ccc(F)cc2)cc1. The maximum absolute atomic E-state index is 13.1. The normalized spacial score (nSPS) is 10.5. The molecule has 0 aliphatic carbocycles. The molecule has 3 aromatic rings. The van der Waals surface area contributed by atoms with Gasteiger partial charge in [0.15, 0.2) is 0 Å². The van der Waals surface area contributed by atoms with E-state index in [0.717, 1.165) is 35.5 Å². The highest BCUT2D eigenvalue weighted by Crippen LogP contribution is 2.21. The monoisotopic (exact) mass is 349 g/mol. The van der Waals surface area contributed by atoms with Crippen LogP contribution in [0.4, 0.5) is 4.39 Å². The summed E-state index contributed by atoms with van der Waals surface area (Å²) < 4.78 is 18.4. The Morgan fingerprint density at radius 1 is 1.12 bits per heavy atom. The van der Waals surface area contributed by atoms with Gasteiger partial charge in [-0.2, -0.15) is 5.10 Å².